The Balaban J connectivity index is 0. The van der Waals surface area contributed by atoms with Crippen molar-refractivity contribution in [2.24, 2.45) is 4.99 Å². The second kappa shape index (κ2) is 10.3. The predicted molar refractivity (Wildman–Crippen MR) is 90.1 cm³/mol. The van der Waals surface area contributed by atoms with Gasteiger partial charge in [0.25, 0.3) is 0 Å². The Morgan fingerprint density at radius 2 is 1.89 bits per heavy atom. The third kappa shape index (κ3) is 12.3. The molecule has 1 atom stereocenters. The van der Waals surface area contributed by atoms with Crippen molar-refractivity contribution in [3.8, 4) is 0 Å². The van der Waals surface area contributed by atoms with E-state index in [2.05, 4.69) is 29.5 Å². The standard InChI is InChI=1S/C13H27N3O2.HI/c1-7-10(3)16-12(14-8-2)15-9-11(17)18-13(4,5)6;/h10H,7-9H2,1-6H3,(H2,14,15,16);1H. The molecule has 0 aliphatic rings. The monoisotopic (exact) mass is 385 g/mol. The van der Waals surface area contributed by atoms with E-state index in [1.165, 1.54) is 0 Å². The molecule has 0 saturated heterocycles. The SMILES string of the molecule is CCNC(=NCC(=O)OC(C)(C)C)NC(C)CC.I. The molecule has 0 saturated carbocycles. The van der Waals surface area contributed by atoms with Crippen molar-refractivity contribution in [1.82, 2.24) is 10.6 Å². The highest BCUT2D eigenvalue weighted by molar-refractivity contribution is 14.0. The smallest absolute Gasteiger partial charge is 0.328 e. The molecular formula is C13H28IN3O2. The number of halogens is 1. The lowest BCUT2D eigenvalue weighted by molar-refractivity contribution is -0.152. The van der Waals surface area contributed by atoms with Crippen LogP contribution < -0.4 is 10.6 Å². The lowest BCUT2D eigenvalue weighted by atomic mass is 10.2. The first-order valence-electron chi connectivity index (χ1n) is 6.55. The maximum atomic E-state index is 11.5. The number of rotatable bonds is 5. The van der Waals surface area contributed by atoms with E-state index in [9.17, 15) is 4.79 Å². The van der Waals surface area contributed by atoms with E-state index in [0.717, 1.165) is 13.0 Å². The van der Waals surface area contributed by atoms with Crippen molar-refractivity contribution < 1.29 is 9.53 Å². The maximum absolute atomic E-state index is 11.5. The molecule has 0 aromatic rings. The van der Waals surface area contributed by atoms with Crippen LogP contribution in [0.3, 0.4) is 0 Å². The summed E-state index contributed by atoms with van der Waals surface area (Å²) in [5.41, 5.74) is -0.463. The Kier molecular flexibility index (Phi) is 11.2. The first-order valence-corrected chi connectivity index (χ1v) is 6.55. The zero-order valence-corrected chi connectivity index (χ0v) is 15.2. The summed E-state index contributed by atoms with van der Waals surface area (Å²) in [6.45, 7) is 12.5. The molecule has 0 aliphatic carbocycles. The fourth-order valence-electron chi connectivity index (χ4n) is 1.17. The zero-order valence-electron chi connectivity index (χ0n) is 12.9. The van der Waals surface area contributed by atoms with Gasteiger partial charge in [-0.3, -0.25) is 4.79 Å². The fraction of sp³-hybridized carbons (Fsp3) is 0.846. The van der Waals surface area contributed by atoms with Crippen LogP contribution in [0.4, 0.5) is 0 Å². The van der Waals surface area contributed by atoms with Crippen LogP contribution in [0.2, 0.25) is 0 Å². The third-order valence-corrected chi connectivity index (χ3v) is 2.13. The van der Waals surface area contributed by atoms with Gasteiger partial charge in [-0.2, -0.15) is 0 Å². The van der Waals surface area contributed by atoms with E-state index in [0.29, 0.717) is 12.0 Å². The van der Waals surface area contributed by atoms with Crippen LogP contribution in [0.25, 0.3) is 0 Å². The summed E-state index contributed by atoms with van der Waals surface area (Å²) in [5.74, 6) is 0.335. The van der Waals surface area contributed by atoms with E-state index >= 15 is 0 Å². The fourth-order valence-corrected chi connectivity index (χ4v) is 1.17. The minimum absolute atomic E-state index is 0. The number of carbonyl (C=O) groups excluding carboxylic acids is 1. The number of carbonyl (C=O) groups is 1. The Bertz CT molecular complexity index is 288. The van der Waals surface area contributed by atoms with E-state index in [4.69, 9.17) is 4.74 Å². The normalized spacial score (nSPS) is 13.3. The maximum Gasteiger partial charge on any atom is 0.328 e. The predicted octanol–water partition coefficient (Wildman–Crippen LogP) is 2.30. The number of hydrogen-bond donors (Lipinski definition) is 2. The van der Waals surface area contributed by atoms with Gasteiger partial charge >= 0.3 is 5.97 Å². The van der Waals surface area contributed by atoms with Crippen molar-refractivity contribution in [3.63, 3.8) is 0 Å². The highest BCUT2D eigenvalue weighted by atomic mass is 127. The van der Waals surface area contributed by atoms with Crippen molar-refractivity contribution >= 4 is 35.9 Å². The quantitative estimate of drug-likeness (QED) is 0.330. The molecule has 5 nitrogen and oxygen atoms in total. The van der Waals surface area contributed by atoms with E-state index in [1.54, 1.807) is 0 Å². The lowest BCUT2D eigenvalue weighted by Gasteiger charge is -2.19. The second-order valence-electron chi connectivity index (χ2n) is 5.24. The number of guanidine groups is 1. The molecule has 0 bridgehead atoms. The van der Waals surface area contributed by atoms with Crippen LogP contribution in [0.5, 0.6) is 0 Å². The van der Waals surface area contributed by atoms with Crippen LogP contribution in [0, 0.1) is 0 Å². The van der Waals surface area contributed by atoms with Crippen molar-refractivity contribution in [2.45, 2.75) is 59.6 Å². The molecule has 0 amide bonds. The van der Waals surface area contributed by atoms with Gasteiger partial charge in [0.1, 0.15) is 12.1 Å². The van der Waals surface area contributed by atoms with Gasteiger partial charge in [0, 0.05) is 12.6 Å². The number of ether oxygens (including phenoxy) is 1. The molecule has 0 aromatic heterocycles. The molecule has 114 valence electrons. The summed E-state index contributed by atoms with van der Waals surface area (Å²) in [7, 11) is 0. The molecule has 0 aliphatic heterocycles. The molecule has 0 rings (SSSR count). The summed E-state index contributed by atoms with van der Waals surface area (Å²) in [6, 6.07) is 0.321. The number of nitrogens with one attached hydrogen (secondary N) is 2. The highest BCUT2D eigenvalue weighted by Gasteiger charge is 2.15. The van der Waals surface area contributed by atoms with Gasteiger partial charge in [-0.15, -0.1) is 24.0 Å². The molecule has 6 heteroatoms. The Morgan fingerprint density at radius 3 is 2.32 bits per heavy atom. The van der Waals surface area contributed by atoms with Gasteiger partial charge in [-0.05, 0) is 41.0 Å². The average Bonchev–Trinajstić information content (AvgIpc) is 2.23. The molecular weight excluding hydrogens is 357 g/mol. The molecule has 0 heterocycles. The largest absolute Gasteiger partial charge is 0.459 e. The Labute approximate surface area is 134 Å². The second-order valence-corrected chi connectivity index (χ2v) is 5.24. The lowest BCUT2D eigenvalue weighted by Crippen LogP contribution is -2.42. The van der Waals surface area contributed by atoms with Crippen LogP contribution in [-0.2, 0) is 9.53 Å². The number of esters is 1. The van der Waals surface area contributed by atoms with Crippen LogP contribution in [-0.4, -0.2) is 36.7 Å². The summed E-state index contributed by atoms with van der Waals surface area (Å²) in [4.78, 5) is 15.7. The Hall–Kier alpha value is -0.530. The summed E-state index contributed by atoms with van der Waals surface area (Å²) in [5, 5.41) is 6.31. The molecule has 2 N–H and O–H groups in total. The average molecular weight is 385 g/mol. The van der Waals surface area contributed by atoms with Gasteiger partial charge in [-0.1, -0.05) is 6.92 Å². The molecule has 0 radical (unpaired) electrons. The van der Waals surface area contributed by atoms with E-state index in [-0.39, 0.29) is 36.5 Å². The van der Waals surface area contributed by atoms with Gasteiger partial charge < -0.3 is 15.4 Å². The molecule has 0 fully saturated rings. The van der Waals surface area contributed by atoms with E-state index in [1.807, 2.05) is 27.7 Å². The van der Waals surface area contributed by atoms with Crippen molar-refractivity contribution in [1.29, 1.82) is 0 Å². The minimum Gasteiger partial charge on any atom is -0.459 e. The van der Waals surface area contributed by atoms with Gasteiger partial charge in [0.2, 0.25) is 0 Å². The summed E-state index contributed by atoms with van der Waals surface area (Å²) >= 11 is 0. The molecule has 19 heavy (non-hydrogen) atoms. The van der Waals surface area contributed by atoms with Gasteiger partial charge in [0.15, 0.2) is 5.96 Å². The molecule has 1 unspecified atom stereocenters. The highest BCUT2D eigenvalue weighted by Crippen LogP contribution is 2.06. The minimum atomic E-state index is -0.463. The van der Waals surface area contributed by atoms with Crippen LogP contribution in [0.1, 0.15) is 48.0 Å². The Morgan fingerprint density at radius 1 is 1.32 bits per heavy atom. The van der Waals surface area contributed by atoms with Gasteiger partial charge in [0.05, 0.1) is 0 Å². The summed E-state index contributed by atoms with van der Waals surface area (Å²) in [6.07, 6.45) is 0.997. The zero-order chi connectivity index (χ0) is 14.2. The topological polar surface area (TPSA) is 62.7 Å². The molecule has 0 spiro atoms. The number of aliphatic imine (C=N–C) groups is 1. The van der Waals surface area contributed by atoms with Crippen molar-refractivity contribution in [3.05, 3.63) is 0 Å². The van der Waals surface area contributed by atoms with Crippen LogP contribution in [0.15, 0.2) is 4.99 Å². The van der Waals surface area contributed by atoms with Gasteiger partial charge in [-0.25, -0.2) is 4.99 Å². The first kappa shape index (κ1) is 20.8. The molecule has 0 aromatic carbocycles. The van der Waals surface area contributed by atoms with Crippen LogP contribution >= 0.6 is 24.0 Å². The van der Waals surface area contributed by atoms with Crippen molar-refractivity contribution in [2.75, 3.05) is 13.1 Å². The van der Waals surface area contributed by atoms with E-state index < -0.39 is 5.60 Å². The summed E-state index contributed by atoms with van der Waals surface area (Å²) < 4.78 is 5.20. The first-order chi connectivity index (χ1) is 8.28. The number of nitrogens with zero attached hydrogens (tertiary/aromatic N) is 1. The third-order valence-electron chi connectivity index (χ3n) is 2.13. The number of hydrogen-bond acceptors (Lipinski definition) is 3.